The van der Waals surface area contributed by atoms with Crippen LogP contribution < -0.4 is 15.4 Å². The molecule has 0 spiro atoms. The zero-order valence-corrected chi connectivity index (χ0v) is 18.9. The predicted molar refractivity (Wildman–Crippen MR) is 125 cm³/mol. The summed E-state index contributed by atoms with van der Waals surface area (Å²) in [5, 5.41) is 6.18. The van der Waals surface area contributed by atoms with Gasteiger partial charge in [-0.05, 0) is 74.1 Å². The number of carbonyl (C=O) groups excluding carboxylic acids is 2. The first kappa shape index (κ1) is 22.0. The smallest absolute Gasteiger partial charge is 0.259 e. The average Bonchev–Trinajstić information content (AvgIpc) is 3.12. The van der Waals surface area contributed by atoms with Crippen LogP contribution in [0.5, 0.6) is 5.75 Å². The number of carbonyl (C=O) groups is 2. The van der Waals surface area contributed by atoms with Gasteiger partial charge in [0.05, 0.1) is 17.7 Å². The molecule has 1 aromatic heterocycles. The number of halogens is 1. The number of fused-ring (bicyclic) bond motifs is 1. The molecule has 2 aromatic carbocycles. The van der Waals surface area contributed by atoms with E-state index in [1.807, 2.05) is 6.92 Å². The van der Waals surface area contributed by atoms with Crippen LogP contribution in [0.3, 0.4) is 0 Å². The van der Waals surface area contributed by atoms with Gasteiger partial charge in [0, 0.05) is 10.6 Å². The molecule has 2 amide bonds. The maximum Gasteiger partial charge on any atom is 0.259 e. The predicted octanol–water partition coefficient (Wildman–Crippen LogP) is 5.92. The Balaban J connectivity index is 1.63. The Morgan fingerprint density at radius 3 is 2.56 bits per heavy atom. The van der Waals surface area contributed by atoms with E-state index in [0.717, 1.165) is 35.5 Å². The molecule has 7 heteroatoms. The van der Waals surface area contributed by atoms with E-state index in [0.29, 0.717) is 28.8 Å². The summed E-state index contributed by atoms with van der Waals surface area (Å²) >= 11 is 1.41. The van der Waals surface area contributed by atoms with Crippen LogP contribution in [0.1, 0.15) is 51.4 Å². The van der Waals surface area contributed by atoms with Crippen LogP contribution >= 0.6 is 11.3 Å². The van der Waals surface area contributed by atoms with Crippen molar-refractivity contribution in [2.24, 2.45) is 5.92 Å². The minimum atomic E-state index is -0.597. The molecule has 0 bridgehead atoms. The number of benzene rings is 2. The maximum atomic E-state index is 14.1. The molecule has 32 heavy (non-hydrogen) atoms. The van der Waals surface area contributed by atoms with Gasteiger partial charge in [-0.3, -0.25) is 9.59 Å². The Hall–Kier alpha value is -3.19. The Morgan fingerprint density at radius 2 is 1.84 bits per heavy atom. The molecule has 0 radical (unpaired) electrons. The molecule has 2 N–H and O–H groups in total. The van der Waals surface area contributed by atoms with E-state index in [-0.39, 0.29) is 11.5 Å². The average molecular weight is 453 g/mol. The molecule has 1 heterocycles. The summed E-state index contributed by atoms with van der Waals surface area (Å²) in [7, 11) is 0. The second kappa shape index (κ2) is 9.53. The van der Waals surface area contributed by atoms with Gasteiger partial charge in [-0.25, -0.2) is 4.39 Å². The van der Waals surface area contributed by atoms with Gasteiger partial charge in [0.25, 0.3) is 11.8 Å². The Kier molecular flexibility index (Phi) is 6.55. The van der Waals surface area contributed by atoms with Gasteiger partial charge in [0.15, 0.2) is 0 Å². The van der Waals surface area contributed by atoms with E-state index in [9.17, 15) is 14.0 Å². The summed E-state index contributed by atoms with van der Waals surface area (Å²) in [6, 6.07) is 13.0. The van der Waals surface area contributed by atoms with Crippen molar-refractivity contribution in [2.45, 2.75) is 33.1 Å². The highest BCUT2D eigenvalue weighted by Crippen LogP contribution is 2.40. The molecule has 1 aliphatic rings. The highest BCUT2D eigenvalue weighted by atomic mass is 32.1. The lowest BCUT2D eigenvalue weighted by molar-refractivity contribution is 0.102. The summed E-state index contributed by atoms with van der Waals surface area (Å²) in [5.74, 6) is -0.209. The molecule has 4 rings (SSSR count). The summed E-state index contributed by atoms with van der Waals surface area (Å²) in [6.45, 7) is 4.66. The molecule has 5 nitrogen and oxygen atoms in total. The minimum Gasteiger partial charge on any atom is -0.494 e. The highest BCUT2D eigenvalue weighted by Gasteiger charge is 2.29. The Labute approximate surface area is 190 Å². The van der Waals surface area contributed by atoms with E-state index < -0.39 is 11.7 Å². The molecule has 0 saturated heterocycles. The van der Waals surface area contributed by atoms with Crippen molar-refractivity contribution < 1.29 is 18.7 Å². The molecule has 3 aromatic rings. The quantitative estimate of drug-likeness (QED) is 0.488. The first-order valence-electron chi connectivity index (χ1n) is 10.7. The van der Waals surface area contributed by atoms with Crippen LogP contribution in [0.2, 0.25) is 0 Å². The minimum absolute atomic E-state index is 0.0508. The van der Waals surface area contributed by atoms with E-state index in [2.05, 4.69) is 17.6 Å². The van der Waals surface area contributed by atoms with Gasteiger partial charge >= 0.3 is 0 Å². The molecule has 0 saturated carbocycles. The molecule has 166 valence electrons. The van der Waals surface area contributed by atoms with Crippen LogP contribution in [0, 0.1) is 11.7 Å². The number of thiophene rings is 1. The fourth-order valence-corrected chi connectivity index (χ4v) is 5.29. The van der Waals surface area contributed by atoms with Gasteiger partial charge in [0.2, 0.25) is 0 Å². The van der Waals surface area contributed by atoms with Crippen molar-refractivity contribution in [1.29, 1.82) is 0 Å². The first-order chi connectivity index (χ1) is 15.5. The van der Waals surface area contributed by atoms with Crippen molar-refractivity contribution in [3.8, 4) is 5.75 Å². The number of hydrogen-bond donors (Lipinski definition) is 2. The Morgan fingerprint density at radius 1 is 1.09 bits per heavy atom. The zero-order valence-electron chi connectivity index (χ0n) is 18.0. The SMILES string of the molecule is CCOc1ccc(NC(=O)c2c(NC(=O)c3ccccc3F)sc3c2CCC(C)C3)cc1. The monoisotopic (exact) mass is 452 g/mol. The normalized spacial score (nSPS) is 15.0. The topological polar surface area (TPSA) is 67.4 Å². The molecular formula is C25H25FN2O3S. The second-order valence-corrected chi connectivity index (χ2v) is 9.01. The third-order valence-corrected chi connectivity index (χ3v) is 6.68. The van der Waals surface area contributed by atoms with Crippen molar-refractivity contribution in [1.82, 2.24) is 0 Å². The number of ether oxygens (including phenoxy) is 1. The number of amides is 2. The van der Waals surface area contributed by atoms with Gasteiger partial charge < -0.3 is 15.4 Å². The lowest BCUT2D eigenvalue weighted by Crippen LogP contribution is -2.19. The standard InChI is InChI=1S/C25H25FN2O3S/c1-3-31-17-11-9-16(10-12-17)27-24(30)22-19-13-8-15(2)14-21(19)32-25(22)28-23(29)18-6-4-5-7-20(18)26/h4-7,9-12,15H,3,8,13-14H2,1-2H3,(H,27,30)(H,28,29). The number of rotatable bonds is 6. The van der Waals surface area contributed by atoms with Crippen LogP contribution in [0.4, 0.5) is 15.1 Å². The number of nitrogens with one attached hydrogen (secondary N) is 2. The number of hydrogen-bond acceptors (Lipinski definition) is 4. The van der Waals surface area contributed by atoms with Gasteiger partial charge in [-0.15, -0.1) is 11.3 Å². The molecule has 1 atom stereocenters. The molecule has 0 aliphatic heterocycles. The van der Waals surface area contributed by atoms with Gasteiger partial charge in [0.1, 0.15) is 16.6 Å². The van der Waals surface area contributed by atoms with Gasteiger partial charge in [-0.2, -0.15) is 0 Å². The molecule has 1 aliphatic carbocycles. The third kappa shape index (κ3) is 4.67. The van der Waals surface area contributed by atoms with Crippen molar-refractivity contribution >= 4 is 33.8 Å². The summed E-state index contributed by atoms with van der Waals surface area (Å²) in [4.78, 5) is 27.1. The Bertz CT molecular complexity index is 1140. The molecule has 1 unspecified atom stereocenters. The van der Waals surface area contributed by atoms with E-state index in [4.69, 9.17) is 4.74 Å². The van der Waals surface area contributed by atoms with Gasteiger partial charge in [-0.1, -0.05) is 19.1 Å². The number of anilines is 2. The largest absolute Gasteiger partial charge is 0.494 e. The fraction of sp³-hybridized carbons (Fsp3) is 0.280. The molecular weight excluding hydrogens is 427 g/mol. The van der Waals surface area contributed by atoms with Crippen molar-refractivity contribution in [3.05, 3.63) is 75.9 Å². The van der Waals surface area contributed by atoms with Crippen LogP contribution in [0.25, 0.3) is 0 Å². The lowest BCUT2D eigenvalue weighted by Gasteiger charge is -2.18. The second-order valence-electron chi connectivity index (χ2n) is 7.90. The first-order valence-corrected chi connectivity index (χ1v) is 11.5. The summed E-state index contributed by atoms with van der Waals surface area (Å²) in [6.07, 6.45) is 2.61. The van der Waals surface area contributed by atoms with Crippen LogP contribution in [-0.4, -0.2) is 18.4 Å². The van der Waals surface area contributed by atoms with E-state index in [1.54, 1.807) is 30.3 Å². The summed E-state index contributed by atoms with van der Waals surface area (Å²) in [5.41, 5.74) is 2.02. The fourth-order valence-electron chi connectivity index (χ4n) is 3.89. The zero-order chi connectivity index (χ0) is 22.7. The molecule has 0 fully saturated rings. The highest BCUT2D eigenvalue weighted by molar-refractivity contribution is 7.17. The van der Waals surface area contributed by atoms with Crippen LogP contribution in [-0.2, 0) is 12.8 Å². The lowest BCUT2D eigenvalue weighted by atomic mass is 9.88. The van der Waals surface area contributed by atoms with Crippen molar-refractivity contribution in [2.75, 3.05) is 17.2 Å². The summed E-state index contributed by atoms with van der Waals surface area (Å²) < 4.78 is 19.6. The van der Waals surface area contributed by atoms with Crippen molar-refractivity contribution in [3.63, 3.8) is 0 Å². The van der Waals surface area contributed by atoms with E-state index in [1.165, 1.54) is 29.5 Å². The third-order valence-electron chi connectivity index (χ3n) is 5.51. The maximum absolute atomic E-state index is 14.1. The van der Waals surface area contributed by atoms with Crippen LogP contribution in [0.15, 0.2) is 48.5 Å². The van der Waals surface area contributed by atoms with E-state index >= 15 is 0 Å².